The minimum absolute atomic E-state index is 0.0165. The summed E-state index contributed by atoms with van der Waals surface area (Å²) in [6.07, 6.45) is 2.36. The molecule has 1 fully saturated rings. The van der Waals surface area contributed by atoms with Gasteiger partial charge in [-0.1, -0.05) is 0 Å². The van der Waals surface area contributed by atoms with E-state index < -0.39 is 11.0 Å². The number of nitrogens with one attached hydrogen (secondary N) is 1. The summed E-state index contributed by atoms with van der Waals surface area (Å²) in [5.41, 5.74) is 0.423. The minimum atomic E-state index is -0.504. The van der Waals surface area contributed by atoms with Gasteiger partial charge in [-0.25, -0.2) is 0 Å². The molecule has 0 aromatic heterocycles. The number of nitrogens with zero attached hydrogens (tertiary/aromatic N) is 2. The van der Waals surface area contributed by atoms with Crippen LogP contribution in [0.2, 0.25) is 0 Å². The van der Waals surface area contributed by atoms with E-state index in [-0.39, 0.29) is 23.0 Å². The van der Waals surface area contributed by atoms with Crippen LogP contribution in [-0.2, 0) is 4.79 Å². The number of nitro groups is 1. The van der Waals surface area contributed by atoms with E-state index in [0.29, 0.717) is 24.1 Å². The molecule has 1 saturated heterocycles. The van der Waals surface area contributed by atoms with Crippen molar-refractivity contribution >= 4 is 17.5 Å². The van der Waals surface area contributed by atoms with Crippen molar-refractivity contribution in [1.82, 2.24) is 10.2 Å². The Kier molecular flexibility index (Phi) is 5.45. The molecule has 1 aromatic rings. The lowest BCUT2D eigenvalue weighted by molar-refractivity contribution is -0.385. The number of piperidine rings is 1. The average Bonchev–Trinajstić information content (AvgIpc) is 2.52. The van der Waals surface area contributed by atoms with Crippen LogP contribution in [0.15, 0.2) is 18.2 Å². The first-order chi connectivity index (χ1) is 11.6. The maximum Gasteiger partial charge on any atom is 0.272 e. The summed E-state index contributed by atoms with van der Waals surface area (Å²) >= 11 is 0. The summed E-state index contributed by atoms with van der Waals surface area (Å²) < 4.78 is 0. The van der Waals surface area contributed by atoms with Crippen molar-refractivity contribution in [2.45, 2.75) is 58.5 Å². The van der Waals surface area contributed by atoms with Gasteiger partial charge in [0.05, 0.1) is 4.92 Å². The topological polar surface area (TPSA) is 92.6 Å². The molecule has 0 unspecified atom stereocenters. The quantitative estimate of drug-likeness (QED) is 0.672. The molecule has 2 amide bonds. The van der Waals surface area contributed by atoms with Crippen LogP contribution >= 0.6 is 0 Å². The molecule has 1 aliphatic heterocycles. The fourth-order valence-electron chi connectivity index (χ4n) is 3.06. The third-order valence-electron chi connectivity index (χ3n) is 4.20. The number of carbonyl (C=O) groups is 2. The highest BCUT2D eigenvalue weighted by atomic mass is 16.6. The number of aryl methyl sites for hydroxylation is 1. The Bertz CT molecular complexity index is 694. The normalized spacial score (nSPS) is 17.9. The summed E-state index contributed by atoms with van der Waals surface area (Å²) in [6, 6.07) is 3.82. The Morgan fingerprint density at radius 3 is 2.52 bits per heavy atom. The number of benzene rings is 1. The van der Waals surface area contributed by atoms with Gasteiger partial charge in [-0.15, -0.1) is 0 Å². The van der Waals surface area contributed by atoms with Gasteiger partial charge in [-0.05, 0) is 59.1 Å². The minimum Gasteiger partial charge on any atom is -0.350 e. The number of rotatable bonds is 3. The van der Waals surface area contributed by atoms with Gasteiger partial charge in [0.15, 0.2) is 0 Å². The zero-order valence-corrected chi connectivity index (χ0v) is 15.2. The van der Waals surface area contributed by atoms with Gasteiger partial charge in [-0.3, -0.25) is 19.7 Å². The van der Waals surface area contributed by atoms with Crippen LogP contribution in [-0.4, -0.2) is 39.8 Å². The predicted octanol–water partition coefficient (Wildman–Crippen LogP) is 2.81. The lowest BCUT2D eigenvalue weighted by atomic mass is 9.98. The summed E-state index contributed by atoms with van der Waals surface area (Å²) in [5.74, 6) is -0.411. The van der Waals surface area contributed by atoms with Crippen molar-refractivity contribution in [3.05, 3.63) is 39.4 Å². The standard InChI is InChI=1S/C18H25N3O4/c1-12-11-13(8-9-14(12)21(24)25)17(23)20-10-6-5-7-15(20)16(22)19-18(2,3)4/h8-9,11,15H,5-7,10H2,1-4H3,(H,19,22)/t15-/m0/s1. The van der Waals surface area contributed by atoms with E-state index in [2.05, 4.69) is 5.32 Å². The van der Waals surface area contributed by atoms with Crippen LogP contribution in [0.1, 0.15) is 56.0 Å². The predicted molar refractivity (Wildman–Crippen MR) is 94.4 cm³/mol. The second-order valence-electron chi connectivity index (χ2n) is 7.51. The molecule has 0 spiro atoms. The molecule has 1 N–H and O–H groups in total. The van der Waals surface area contributed by atoms with Crippen LogP contribution < -0.4 is 5.32 Å². The van der Waals surface area contributed by atoms with E-state index in [1.54, 1.807) is 11.8 Å². The molecule has 0 radical (unpaired) electrons. The van der Waals surface area contributed by atoms with Crippen LogP contribution in [0.5, 0.6) is 0 Å². The summed E-state index contributed by atoms with van der Waals surface area (Å²) in [5, 5.41) is 13.9. The molecule has 136 valence electrons. The fourth-order valence-corrected chi connectivity index (χ4v) is 3.06. The van der Waals surface area contributed by atoms with Gasteiger partial charge in [0, 0.05) is 29.3 Å². The highest BCUT2D eigenvalue weighted by molar-refractivity contribution is 5.98. The summed E-state index contributed by atoms with van der Waals surface area (Å²) in [4.78, 5) is 37.5. The van der Waals surface area contributed by atoms with E-state index >= 15 is 0 Å². The second-order valence-corrected chi connectivity index (χ2v) is 7.51. The SMILES string of the molecule is Cc1cc(C(=O)N2CCCC[C@H]2C(=O)NC(C)(C)C)ccc1[N+](=O)[O-]. The van der Waals surface area contributed by atoms with Crippen LogP contribution in [0.4, 0.5) is 5.69 Å². The fraction of sp³-hybridized carbons (Fsp3) is 0.556. The van der Waals surface area contributed by atoms with Crippen molar-refractivity contribution in [2.24, 2.45) is 0 Å². The molecule has 0 bridgehead atoms. The molecule has 25 heavy (non-hydrogen) atoms. The van der Waals surface area contributed by atoms with Gasteiger partial charge in [0.1, 0.15) is 6.04 Å². The number of nitro benzene ring substituents is 1. The van der Waals surface area contributed by atoms with Gasteiger partial charge >= 0.3 is 0 Å². The molecule has 1 heterocycles. The van der Waals surface area contributed by atoms with Crippen LogP contribution in [0.3, 0.4) is 0 Å². The third-order valence-corrected chi connectivity index (χ3v) is 4.20. The lowest BCUT2D eigenvalue weighted by Gasteiger charge is -2.36. The molecule has 7 heteroatoms. The van der Waals surface area contributed by atoms with Crippen LogP contribution in [0, 0.1) is 17.0 Å². The van der Waals surface area contributed by atoms with E-state index in [4.69, 9.17) is 0 Å². The van der Waals surface area contributed by atoms with E-state index in [1.165, 1.54) is 18.2 Å². The van der Waals surface area contributed by atoms with Gasteiger partial charge in [-0.2, -0.15) is 0 Å². The number of hydrogen-bond donors (Lipinski definition) is 1. The van der Waals surface area contributed by atoms with Crippen molar-refractivity contribution in [1.29, 1.82) is 0 Å². The second kappa shape index (κ2) is 7.21. The first-order valence-electron chi connectivity index (χ1n) is 8.48. The number of likely N-dealkylation sites (tertiary alicyclic amines) is 1. The lowest BCUT2D eigenvalue weighted by Crippen LogP contribution is -2.55. The first kappa shape index (κ1) is 18.9. The Labute approximate surface area is 147 Å². The maximum atomic E-state index is 12.9. The van der Waals surface area contributed by atoms with Gasteiger partial charge < -0.3 is 10.2 Å². The number of amides is 2. The molecule has 0 saturated carbocycles. The Morgan fingerprint density at radius 1 is 1.28 bits per heavy atom. The molecular formula is C18H25N3O4. The van der Waals surface area contributed by atoms with Crippen molar-refractivity contribution < 1.29 is 14.5 Å². The molecule has 2 rings (SSSR count). The van der Waals surface area contributed by atoms with Crippen molar-refractivity contribution in [3.63, 3.8) is 0 Å². The smallest absolute Gasteiger partial charge is 0.272 e. The zero-order valence-electron chi connectivity index (χ0n) is 15.2. The summed E-state index contributed by atoms with van der Waals surface area (Å²) in [6.45, 7) is 7.82. The number of hydrogen-bond acceptors (Lipinski definition) is 4. The third kappa shape index (κ3) is 4.55. The highest BCUT2D eigenvalue weighted by Crippen LogP contribution is 2.24. The Hall–Kier alpha value is -2.44. The molecule has 1 aromatic carbocycles. The molecule has 0 aliphatic carbocycles. The largest absolute Gasteiger partial charge is 0.350 e. The zero-order chi connectivity index (χ0) is 18.8. The number of carbonyl (C=O) groups excluding carboxylic acids is 2. The van der Waals surface area contributed by atoms with Crippen molar-refractivity contribution in [3.8, 4) is 0 Å². The van der Waals surface area contributed by atoms with E-state index in [9.17, 15) is 19.7 Å². The van der Waals surface area contributed by atoms with Gasteiger partial charge in [0.2, 0.25) is 5.91 Å². The monoisotopic (exact) mass is 347 g/mol. The molecule has 1 aliphatic rings. The van der Waals surface area contributed by atoms with E-state index in [0.717, 1.165) is 12.8 Å². The maximum absolute atomic E-state index is 12.9. The summed E-state index contributed by atoms with van der Waals surface area (Å²) in [7, 11) is 0. The van der Waals surface area contributed by atoms with Gasteiger partial charge in [0.25, 0.3) is 11.6 Å². The van der Waals surface area contributed by atoms with E-state index in [1.807, 2.05) is 20.8 Å². The Morgan fingerprint density at radius 2 is 1.96 bits per heavy atom. The van der Waals surface area contributed by atoms with Crippen molar-refractivity contribution in [2.75, 3.05) is 6.54 Å². The molecule has 7 nitrogen and oxygen atoms in total. The first-order valence-corrected chi connectivity index (χ1v) is 8.48. The molecule has 1 atom stereocenters. The molecular weight excluding hydrogens is 322 g/mol. The highest BCUT2D eigenvalue weighted by Gasteiger charge is 2.34. The van der Waals surface area contributed by atoms with Crippen LogP contribution in [0.25, 0.3) is 0 Å². The Balaban J connectivity index is 2.24. The average molecular weight is 347 g/mol.